The standard InChI is InChI=1S/C24H20N2O5/c27-23(11-5-16-4-10-21-22(13-16)31-15-30-21)26-20(14-24(28)29)18-8-6-17(7-9-18)19-3-1-2-12-25-19/h1-13,20H,14-15H2,(H,26,27)(H,28,29). The Balaban J connectivity index is 1.46. The molecular weight excluding hydrogens is 396 g/mol. The average molecular weight is 416 g/mol. The third-order valence-corrected chi connectivity index (χ3v) is 4.79. The van der Waals surface area contributed by atoms with Gasteiger partial charge in [-0.15, -0.1) is 0 Å². The number of fused-ring (bicyclic) bond motifs is 1. The van der Waals surface area contributed by atoms with Gasteiger partial charge in [0, 0.05) is 17.8 Å². The predicted molar refractivity (Wildman–Crippen MR) is 114 cm³/mol. The minimum atomic E-state index is -1.00. The van der Waals surface area contributed by atoms with E-state index in [9.17, 15) is 14.7 Å². The quantitative estimate of drug-likeness (QED) is 0.568. The molecule has 3 aromatic rings. The summed E-state index contributed by atoms with van der Waals surface area (Å²) in [7, 11) is 0. The van der Waals surface area contributed by atoms with Crippen LogP contribution in [0.4, 0.5) is 0 Å². The Kier molecular flexibility index (Phi) is 5.93. The number of amides is 1. The fraction of sp³-hybridized carbons (Fsp3) is 0.125. The number of nitrogens with one attached hydrogen (secondary N) is 1. The maximum absolute atomic E-state index is 12.4. The minimum absolute atomic E-state index is 0.180. The summed E-state index contributed by atoms with van der Waals surface area (Å²) in [5, 5.41) is 12.1. The van der Waals surface area contributed by atoms with Gasteiger partial charge in [0.25, 0.3) is 0 Å². The number of carboxylic acids is 1. The van der Waals surface area contributed by atoms with Crippen LogP contribution in [0.2, 0.25) is 0 Å². The third-order valence-electron chi connectivity index (χ3n) is 4.79. The molecule has 0 fully saturated rings. The van der Waals surface area contributed by atoms with Gasteiger partial charge in [-0.3, -0.25) is 14.6 Å². The number of pyridine rings is 1. The van der Waals surface area contributed by atoms with Crippen molar-refractivity contribution < 1.29 is 24.2 Å². The fourth-order valence-electron chi connectivity index (χ4n) is 3.26. The largest absolute Gasteiger partial charge is 0.481 e. The minimum Gasteiger partial charge on any atom is -0.481 e. The lowest BCUT2D eigenvalue weighted by molar-refractivity contribution is -0.137. The molecule has 2 aromatic carbocycles. The Morgan fingerprint density at radius 3 is 2.61 bits per heavy atom. The molecule has 1 atom stereocenters. The van der Waals surface area contributed by atoms with Gasteiger partial charge in [-0.2, -0.15) is 0 Å². The van der Waals surface area contributed by atoms with E-state index in [4.69, 9.17) is 9.47 Å². The summed E-state index contributed by atoms with van der Waals surface area (Å²) in [6.45, 7) is 0.180. The summed E-state index contributed by atoms with van der Waals surface area (Å²) in [5.74, 6) is -0.104. The first-order valence-electron chi connectivity index (χ1n) is 9.70. The molecule has 1 unspecified atom stereocenters. The molecule has 1 aliphatic rings. The zero-order chi connectivity index (χ0) is 21.6. The number of carboxylic acid groups (broad SMARTS) is 1. The van der Waals surface area contributed by atoms with Gasteiger partial charge in [0.15, 0.2) is 11.5 Å². The Bertz CT molecular complexity index is 1110. The Morgan fingerprint density at radius 1 is 1.06 bits per heavy atom. The van der Waals surface area contributed by atoms with E-state index in [-0.39, 0.29) is 13.2 Å². The van der Waals surface area contributed by atoms with Gasteiger partial charge in [-0.05, 0) is 41.5 Å². The van der Waals surface area contributed by atoms with Crippen LogP contribution in [-0.4, -0.2) is 28.8 Å². The van der Waals surface area contributed by atoms with Crippen LogP contribution in [0.15, 0.2) is 72.9 Å². The summed E-state index contributed by atoms with van der Waals surface area (Å²) in [6, 6.07) is 17.7. The highest BCUT2D eigenvalue weighted by molar-refractivity contribution is 5.92. The molecule has 2 heterocycles. The van der Waals surface area contributed by atoms with Crippen molar-refractivity contribution in [3.8, 4) is 22.8 Å². The van der Waals surface area contributed by atoms with E-state index in [1.807, 2.05) is 36.4 Å². The first-order valence-corrected chi connectivity index (χ1v) is 9.70. The molecule has 1 amide bonds. The maximum Gasteiger partial charge on any atom is 0.305 e. The molecule has 1 aliphatic heterocycles. The second-order valence-corrected chi connectivity index (χ2v) is 6.94. The summed E-state index contributed by atoms with van der Waals surface area (Å²) in [6.07, 6.45) is 4.49. The lowest BCUT2D eigenvalue weighted by atomic mass is 10.0. The lowest BCUT2D eigenvalue weighted by Gasteiger charge is -2.17. The molecule has 0 aliphatic carbocycles. The number of carbonyl (C=O) groups is 2. The third kappa shape index (κ3) is 5.08. The van der Waals surface area contributed by atoms with Crippen LogP contribution in [0.25, 0.3) is 17.3 Å². The molecule has 7 nitrogen and oxygen atoms in total. The fourth-order valence-corrected chi connectivity index (χ4v) is 3.26. The van der Waals surface area contributed by atoms with Crippen LogP contribution in [0.1, 0.15) is 23.6 Å². The number of benzene rings is 2. The van der Waals surface area contributed by atoms with Crippen molar-refractivity contribution in [2.75, 3.05) is 6.79 Å². The number of hydrogen-bond acceptors (Lipinski definition) is 5. The number of aromatic nitrogens is 1. The van der Waals surface area contributed by atoms with Gasteiger partial charge in [-0.1, -0.05) is 36.4 Å². The molecule has 0 saturated carbocycles. The van der Waals surface area contributed by atoms with E-state index in [2.05, 4.69) is 10.3 Å². The molecule has 0 saturated heterocycles. The van der Waals surface area contributed by atoms with Crippen molar-refractivity contribution in [2.24, 2.45) is 0 Å². The second kappa shape index (κ2) is 9.13. The van der Waals surface area contributed by atoms with Gasteiger partial charge in [0.2, 0.25) is 12.7 Å². The van der Waals surface area contributed by atoms with Crippen LogP contribution >= 0.6 is 0 Å². The molecule has 1 aromatic heterocycles. The zero-order valence-electron chi connectivity index (χ0n) is 16.5. The van der Waals surface area contributed by atoms with Crippen LogP contribution < -0.4 is 14.8 Å². The van der Waals surface area contributed by atoms with Crippen molar-refractivity contribution >= 4 is 18.0 Å². The molecule has 0 radical (unpaired) electrons. The predicted octanol–water partition coefficient (Wildman–Crippen LogP) is 3.82. The van der Waals surface area contributed by atoms with Gasteiger partial charge < -0.3 is 19.9 Å². The smallest absolute Gasteiger partial charge is 0.305 e. The summed E-state index contributed by atoms with van der Waals surface area (Å²) in [5.41, 5.74) is 3.20. The summed E-state index contributed by atoms with van der Waals surface area (Å²) in [4.78, 5) is 28.1. The molecule has 31 heavy (non-hydrogen) atoms. The lowest BCUT2D eigenvalue weighted by Crippen LogP contribution is -2.28. The Hall–Kier alpha value is -4.13. The van der Waals surface area contributed by atoms with E-state index < -0.39 is 17.9 Å². The maximum atomic E-state index is 12.4. The van der Waals surface area contributed by atoms with Crippen molar-refractivity contribution in [1.82, 2.24) is 10.3 Å². The molecule has 4 rings (SSSR count). The molecule has 0 spiro atoms. The van der Waals surface area contributed by atoms with Gasteiger partial charge in [0.1, 0.15) is 0 Å². The zero-order valence-corrected chi connectivity index (χ0v) is 16.5. The van der Waals surface area contributed by atoms with E-state index in [1.54, 1.807) is 36.5 Å². The van der Waals surface area contributed by atoms with E-state index in [0.29, 0.717) is 17.1 Å². The van der Waals surface area contributed by atoms with Gasteiger partial charge >= 0.3 is 5.97 Å². The van der Waals surface area contributed by atoms with Crippen molar-refractivity contribution in [3.05, 3.63) is 84.1 Å². The first-order chi connectivity index (χ1) is 15.1. The number of carbonyl (C=O) groups excluding carboxylic acids is 1. The van der Waals surface area contributed by atoms with Crippen LogP contribution in [-0.2, 0) is 9.59 Å². The van der Waals surface area contributed by atoms with Gasteiger partial charge in [0.05, 0.1) is 18.2 Å². The highest BCUT2D eigenvalue weighted by Crippen LogP contribution is 2.32. The van der Waals surface area contributed by atoms with Crippen molar-refractivity contribution in [2.45, 2.75) is 12.5 Å². The SMILES string of the molecule is O=C(O)CC(NC(=O)C=Cc1ccc2c(c1)OCO2)c1ccc(-c2ccccn2)cc1. The van der Waals surface area contributed by atoms with E-state index in [1.165, 1.54) is 6.08 Å². The van der Waals surface area contributed by atoms with Crippen molar-refractivity contribution in [1.29, 1.82) is 0 Å². The first kappa shape index (κ1) is 20.2. The Morgan fingerprint density at radius 2 is 1.87 bits per heavy atom. The van der Waals surface area contributed by atoms with E-state index >= 15 is 0 Å². The molecule has 0 bridgehead atoms. The van der Waals surface area contributed by atoms with Crippen molar-refractivity contribution in [3.63, 3.8) is 0 Å². The molecule has 7 heteroatoms. The Labute approximate surface area is 179 Å². The number of rotatable bonds is 7. The summed E-state index contributed by atoms with van der Waals surface area (Å²) >= 11 is 0. The monoisotopic (exact) mass is 416 g/mol. The topological polar surface area (TPSA) is 97.8 Å². The highest BCUT2D eigenvalue weighted by Gasteiger charge is 2.18. The van der Waals surface area contributed by atoms with E-state index in [0.717, 1.165) is 16.8 Å². The number of hydrogen-bond donors (Lipinski definition) is 2. The van der Waals surface area contributed by atoms with Gasteiger partial charge in [-0.25, -0.2) is 0 Å². The second-order valence-electron chi connectivity index (χ2n) is 6.94. The van der Waals surface area contributed by atoms with Crippen LogP contribution in [0, 0.1) is 0 Å². The normalized spacial score (nSPS) is 13.2. The highest BCUT2D eigenvalue weighted by atomic mass is 16.7. The number of aliphatic carboxylic acids is 1. The number of ether oxygens (including phenoxy) is 2. The average Bonchev–Trinajstić information content (AvgIpc) is 3.26. The van der Waals surface area contributed by atoms with Crippen LogP contribution in [0.5, 0.6) is 11.5 Å². The molecular formula is C24H20N2O5. The van der Waals surface area contributed by atoms with Crippen LogP contribution in [0.3, 0.4) is 0 Å². The summed E-state index contributed by atoms with van der Waals surface area (Å²) < 4.78 is 10.6. The molecule has 2 N–H and O–H groups in total. The number of nitrogens with zero attached hydrogens (tertiary/aromatic N) is 1. The molecule has 156 valence electrons.